The van der Waals surface area contributed by atoms with Crippen molar-refractivity contribution < 1.29 is 0 Å². The number of thioether (sulfide) groups is 1. The number of hydrogen-bond donors (Lipinski definition) is 3. The van der Waals surface area contributed by atoms with E-state index in [4.69, 9.17) is 11.5 Å². The highest BCUT2D eigenvalue weighted by molar-refractivity contribution is 7.98. The first-order chi connectivity index (χ1) is 8.24. The van der Waals surface area contributed by atoms with Gasteiger partial charge in [0.05, 0.1) is 5.69 Å². The molecule has 0 aliphatic heterocycles. The summed E-state index contributed by atoms with van der Waals surface area (Å²) in [4.78, 5) is 4.16. The lowest BCUT2D eigenvalue weighted by atomic mass is 10.2. The minimum atomic E-state index is 0.398. The second kappa shape index (κ2) is 8.06. The summed E-state index contributed by atoms with van der Waals surface area (Å²) >= 11 is 1.91. The van der Waals surface area contributed by atoms with Crippen molar-refractivity contribution in [3.8, 4) is 0 Å². The van der Waals surface area contributed by atoms with Crippen molar-refractivity contribution in [3.63, 3.8) is 0 Å². The zero-order valence-corrected chi connectivity index (χ0v) is 11.2. The predicted molar refractivity (Wildman–Crippen MR) is 78.4 cm³/mol. The maximum absolute atomic E-state index is 5.63. The number of aromatic nitrogens is 1. The Kier molecular flexibility index (Phi) is 6.62. The van der Waals surface area contributed by atoms with Crippen LogP contribution in [0.25, 0.3) is 0 Å². The van der Waals surface area contributed by atoms with Crippen molar-refractivity contribution >= 4 is 29.1 Å². The van der Waals surface area contributed by atoms with Crippen molar-refractivity contribution in [1.82, 2.24) is 4.98 Å². The molecule has 0 amide bonds. The lowest BCUT2D eigenvalue weighted by Gasteiger charge is -2.07. The van der Waals surface area contributed by atoms with Gasteiger partial charge in [-0.25, -0.2) is 4.98 Å². The van der Waals surface area contributed by atoms with Crippen LogP contribution in [-0.4, -0.2) is 23.5 Å². The Morgan fingerprint density at radius 2 is 1.94 bits per heavy atom. The molecule has 96 valence electrons. The van der Waals surface area contributed by atoms with E-state index in [0.29, 0.717) is 11.5 Å². The molecule has 1 aromatic rings. The summed E-state index contributed by atoms with van der Waals surface area (Å²) in [5, 5.41) is 3.25. The lowest BCUT2D eigenvalue weighted by molar-refractivity contribution is 0.688. The smallest absolute Gasteiger partial charge is 0.149 e. The summed E-state index contributed by atoms with van der Waals surface area (Å²) in [6, 6.07) is 3.64. The number of nitrogen functional groups attached to an aromatic ring is 2. The monoisotopic (exact) mass is 254 g/mol. The number of nitrogens with two attached hydrogens (primary N) is 2. The molecule has 17 heavy (non-hydrogen) atoms. The first kappa shape index (κ1) is 14.0. The summed E-state index contributed by atoms with van der Waals surface area (Å²) in [5.74, 6) is 2.47. The Labute approximate surface area is 108 Å². The van der Waals surface area contributed by atoms with Crippen molar-refractivity contribution in [1.29, 1.82) is 0 Å². The average molecular weight is 254 g/mol. The quantitative estimate of drug-likeness (QED) is 0.622. The van der Waals surface area contributed by atoms with Crippen molar-refractivity contribution in [2.24, 2.45) is 0 Å². The van der Waals surface area contributed by atoms with E-state index in [2.05, 4.69) is 16.6 Å². The maximum Gasteiger partial charge on any atom is 0.149 e. The molecule has 0 aliphatic rings. The minimum absolute atomic E-state index is 0.398. The highest BCUT2D eigenvalue weighted by Crippen LogP contribution is 2.14. The van der Waals surface area contributed by atoms with E-state index in [1.165, 1.54) is 31.4 Å². The van der Waals surface area contributed by atoms with Crippen molar-refractivity contribution in [3.05, 3.63) is 12.1 Å². The summed E-state index contributed by atoms with van der Waals surface area (Å²) in [5.41, 5.74) is 11.8. The van der Waals surface area contributed by atoms with Crippen LogP contribution in [0.2, 0.25) is 0 Å². The zero-order chi connectivity index (χ0) is 12.5. The molecule has 1 rings (SSSR count). The van der Waals surface area contributed by atoms with E-state index in [1.807, 2.05) is 17.8 Å². The molecular formula is C12H22N4S. The normalized spacial score (nSPS) is 10.4. The Bertz CT molecular complexity index is 330. The largest absolute Gasteiger partial charge is 0.396 e. The van der Waals surface area contributed by atoms with Gasteiger partial charge in [-0.15, -0.1) is 0 Å². The first-order valence-corrected chi connectivity index (χ1v) is 7.38. The molecule has 1 heterocycles. The van der Waals surface area contributed by atoms with E-state index in [0.717, 1.165) is 12.4 Å². The molecule has 0 radical (unpaired) electrons. The third-order valence-electron chi connectivity index (χ3n) is 2.54. The fourth-order valence-electron chi connectivity index (χ4n) is 1.53. The number of rotatable bonds is 8. The Morgan fingerprint density at radius 3 is 2.65 bits per heavy atom. The number of unbranched alkanes of at least 4 members (excludes halogenated alkanes) is 3. The van der Waals surface area contributed by atoms with Gasteiger partial charge in [0, 0.05) is 6.54 Å². The maximum atomic E-state index is 5.63. The van der Waals surface area contributed by atoms with Gasteiger partial charge < -0.3 is 16.8 Å². The van der Waals surface area contributed by atoms with Crippen LogP contribution in [0.3, 0.4) is 0 Å². The summed E-state index contributed by atoms with van der Waals surface area (Å²) in [7, 11) is 0. The molecule has 0 atom stereocenters. The van der Waals surface area contributed by atoms with Gasteiger partial charge in [-0.2, -0.15) is 11.8 Å². The van der Waals surface area contributed by atoms with Crippen LogP contribution in [0.15, 0.2) is 12.1 Å². The highest BCUT2D eigenvalue weighted by atomic mass is 32.2. The third-order valence-corrected chi connectivity index (χ3v) is 3.24. The highest BCUT2D eigenvalue weighted by Gasteiger charge is 1.98. The summed E-state index contributed by atoms with van der Waals surface area (Å²) in [6.07, 6.45) is 7.20. The van der Waals surface area contributed by atoms with Crippen LogP contribution in [0, 0.1) is 0 Å². The van der Waals surface area contributed by atoms with E-state index < -0.39 is 0 Å². The SMILES string of the molecule is CSCCCCCCNc1ccc(N)c(N)n1. The number of nitrogens with one attached hydrogen (secondary N) is 1. The van der Waals surface area contributed by atoms with Crippen LogP contribution in [0.4, 0.5) is 17.3 Å². The van der Waals surface area contributed by atoms with Crippen LogP contribution < -0.4 is 16.8 Å². The van der Waals surface area contributed by atoms with Gasteiger partial charge in [-0.05, 0) is 37.0 Å². The van der Waals surface area contributed by atoms with E-state index in [9.17, 15) is 0 Å². The second-order valence-corrected chi connectivity index (χ2v) is 4.99. The molecule has 5 heteroatoms. The summed E-state index contributed by atoms with van der Waals surface area (Å²) in [6.45, 7) is 0.940. The number of pyridine rings is 1. The standard InChI is InChI=1S/C12H22N4S/c1-17-9-5-3-2-4-8-15-11-7-6-10(13)12(14)16-11/h6-7H,2-5,8-9,13H2,1H3,(H3,14,15,16). The van der Waals surface area contributed by atoms with Gasteiger partial charge in [0.1, 0.15) is 11.6 Å². The van der Waals surface area contributed by atoms with E-state index in [1.54, 1.807) is 6.07 Å². The molecule has 0 fully saturated rings. The second-order valence-electron chi connectivity index (χ2n) is 4.00. The van der Waals surface area contributed by atoms with Crippen LogP contribution in [-0.2, 0) is 0 Å². The Hall–Kier alpha value is -1.10. The van der Waals surface area contributed by atoms with Crippen LogP contribution in [0.5, 0.6) is 0 Å². The van der Waals surface area contributed by atoms with E-state index >= 15 is 0 Å². The topological polar surface area (TPSA) is 77.0 Å². The molecule has 0 aliphatic carbocycles. The van der Waals surface area contributed by atoms with Gasteiger partial charge >= 0.3 is 0 Å². The fourth-order valence-corrected chi connectivity index (χ4v) is 2.02. The zero-order valence-electron chi connectivity index (χ0n) is 10.4. The fraction of sp³-hybridized carbons (Fsp3) is 0.583. The predicted octanol–water partition coefficient (Wildman–Crippen LogP) is 2.58. The molecule has 1 aromatic heterocycles. The van der Waals surface area contributed by atoms with Crippen molar-refractivity contribution in [2.45, 2.75) is 25.7 Å². The molecule has 0 saturated carbocycles. The molecule has 0 saturated heterocycles. The third kappa shape index (κ3) is 5.68. The molecule has 4 nitrogen and oxygen atoms in total. The Balaban J connectivity index is 2.11. The molecule has 5 N–H and O–H groups in total. The number of nitrogens with zero attached hydrogens (tertiary/aromatic N) is 1. The number of anilines is 3. The molecule has 0 bridgehead atoms. The number of hydrogen-bond acceptors (Lipinski definition) is 5. The van der Waals surface area contributed by atoms with Crippen molar-refractivity contribution in [2.75, 3.05) is 35.3 Å². The first-order valence-electron chi connectivity index (χ1n) is 5.99. The summed E-state index contributed by atoms with van der Waals surface area (Å²) < 4.78 is 0. The molecule has 0 unspecified atom stereocenters. The van der Waals surface area contributed by atoms with Gasteiger partial charge in [-0.1, -0.05) is 12.8 Å². The average Bonchev–Trinajstić information content (AvgIpc) is 2.32. The minimum Gasteiger partial charge on any atom is -0.396 e. The van der Waals surface area contributed by atoms with Gasteiger partial charge in [0.15, 0.2) is 0 Å². The van der Waals surface area contributed by atoms with Crippen LogP contribution in [0.1, 0.15) is 25.7 Å². The molecule has 0 aromatic carbocycles. The van der Waals surface area contributed by atoms with Gasteiger partial charge in [0.2, 0.25) is 0 Å². The van der Waals surface area contributed by atoms with Gasteiger partial charge in [0.25, 0.3) is 0 Å². The van der Waals surface area contributed by atoms with E-state index in [-0.39, 0.29) is 0 Å². The van der Waals surface area contributed by atoms with Crippen LogP contribution >= 0.6 is 11.8 Å². The van der Waals surface area contributed by atoms with Gasteiger partial charge in [-0.3, -0.25) is 0 Å². The molecular weight excluding hydrogens is 232 g/mol. The lowest BCUT2D eigenvalue weighted by Crippen LogP contribution is -2.06. The molecule has 0 spiro atoms. The Morgan fingerprint density at radius 1 is 1.18 bits per heavy atom.